The normalized spacial score (nSPS) is 10.2. The summed E-state index contributed by atoms with van der Waals surface area (Å²) in [5.41, 5.74) is 5.16. The Morgan fingerprint density at radius 2 is 1.90 bits per heavy atom. The van der Waals surface area contributed by atoms with E-state index in [9.17, 15) is 9.90 Å². The van der Waals surface area contributed by atoms with E-state index in [1.807, 2.05) is 42.8 Å². The number of carbonyl (C=O) groups excluding carboxylic acids is 1. The maximum absolute atomic E-state index is 11.9. The Kier molecular flexibility index (Phi) is 5.61. The van der Waals surface area contributed by atoms with Crippen molar-refractivity contribution in [1.29, 1.82) is 10.5 Å². The number of hydrogen-bond donors (Lipinski definition) is 2. The van der Waals surface area contributed by atoms with Gasteiger partial charge in [0.2, 0.25) is 0 Å². The van der Waals surface area contributed by atoms with Crippen molar-refractivity contribution in [2.45, 2.75) is 20.4 Å². The monoisotopic (exact) mass is 385 g/mol. The van der Waals surface area contributed by atoms with Crippen molar-refractivity contribution in [2.75, 3.05) is 6.54 Å². The van der Waals surface area contributed by atoms with Crippen LogP contribution in [0.3, 0.4) is 0 Å². The van der Waals surface area contributed by atoms with E-state index in [4.69, 9.17) is 10.5 Å². The minimum atomic E-state index is -0.285. The van der Waals surface area contributed by atoms with Crippen LogP contribution in [0.2, 0.25) is 0 Å². The highest BCUT2D eigenvalue weighted by Gasteiger charge is 2.15. The maximum atomic E-state index is 11.9. The summed E-state index contributed by atoms with van der Waals surface area (Å²) in [6.07, 6.45) is 0. The minimum absolute atomic E-state index is 0.0278. The van der Waals surface area contributed by atoms with Crippen molar-refractivity contribution < 1.29 is 9.90 Å². The number of rotatable bonds is 5. The molecule has 0 aliphatic heterocycles. The number of aryl methyl sites for hydroxylation is 1. The van der Waals surface area contributed by atoms with Gasteiger partial charge < -0.3 is 10.4 Å². The van der Waals surface area contributed by atoms with Crippen molar-refractivity contribution in [1.82, 2.24) is 15.1 Å². The summed E-state index contributed by atoms with van der Waals surface area (Å²) in [7, 11) is 0. The third-order valence-corrected chi connectivity index (χ3v) is 4.66. The standard InChI is InChI=1S/C22H19N5O2/c1-14-21(18-7-8-19(12-24)20(28)11-18)15(2)27(26-14)13-16-3-5-17(6-4-16)22(29)25-10-9-23/h3-8,11,28H,10,13H2,1-2H3,(H,25,29). The van der Waals surface area contributed by atoms with Crippen LogP contribution in [0.25, 0.3) is 11.1 Å². The topological polar surface area (TPSA) is 115 Å². The van der Waals surface area contributed by atoms with Crippen molar-refractivity contribution >= 4 is 5.91 Å². The van der Waals surface area contributed by atoms with Crippen LogP contribution in [-0.2, 0) is 6.54 Å². The Morgan fingerprint density at radius 3 is 2.52 bits per heavy atom. The highest BCUT2D eigenvalue weighted by molar-refractivity contribution is 5.94. The zero-order valence-electron chi connectivity index (χ0n) is 16.1. The van der Waals surface area contributed by atoms with Gasteiger partial charge in [0, 0.05) is 16.8 Å². The number of benzene rings is 2. The number of amides is 1. The SMILES string of the molecule is Cc1nn(Cc2ccc(C(=O)NCC#N)cc2)c(C)c1-c1ccc(C#N)c(O)c1. The molecule has 0 saturated carbocycles. The summed E-state index contributed by atoms with van der Waals surface area (Å²) in [4.78, 5) is 11.9. The first-order valence-electron chi connectivity index (χ1n) is 8.96. The summed E-state index contributed by atoms with van der Waals surface area (Å²) in [5.74, 6) is -0.339. The molecule has 0 aliphatic carbocycles. The number of carbonyl (C=O) groups is 1. The number of aromatic hydroxyl groups is 1. The lowest BCUT2D eigenvalue weighted by atomic mass is 10.0. The highest BCUT2D eigenvalue weighted by atomic mass is 16.3. The van der Waals surface area contributed by atoms with Crippen molar-refractivity contribution in [3.63, 3.8) is 0 Å². The predicted octanol–water partition coefficient (Wildman–Crippen LogP) is 3.05. The Morgan fingerprint density at radius 1 is 1.17 bits per heavy atom. The van der Waals surface area contributed by atoms with Crippen LogP contribution in [0.1, 0.15) is 32.9 Å². The number of phenols is 1. The van der Waals surface area contributed by atoms with E-state index in [2.05, 4.69) is 10.4 Å². The van der Waals surface area contributed by atoms with Crippen LogP contribution < -0.4 is 5.32 Å². The molecule has 0 aliphatic rings. The summed E-state index contributed by atoms with van der Waals surface area (Å²) >= 11 is 0. The van der Waals surface area contributed by atoms with Gasteiger partial charge in [0.25, 0.3) is 5.91 Å². The number of phenolic OH excluding ortho intramolecular Hbond substituents is 1. The molecule has 1 heterocycles. The molecule has 0 atom stereocenters. The lowest BCUT2D eigenvalue weighted by molar-refractivity contribution is 0.0958. The number of aromatic nitrogens is 2. The van der Waals surface area contributed by atoms with E-state index in [0.717, 1.165) is 28.1 Å². The molecule has 0 fully saturated rings. The molecule has 1 amide bonds. The first-order valence-corrected chi connectivity index (χ1v) is 8.96. The second-order valence-electron chi connectivity index (χ2n) is 6.58. The van der Waals surface area contributed by atoms with Crippen molar-refractivity contribution in [3.05, 3.63) is 70.5 Å². The van der Waals surface area contributed by atoms with Crippen molar-refractivity contribution in [3.8, 4) is 29.0 Å². The predicted molar refractivity (Wildman–Crippen MR) is 107 cm³/mol. The second-order valence-corrected chi connectivity index (χ2v) is 6.58. The summed E-state index contributed by atoms with van der Waals surface area (Å²) in [5, 5.41) is 34.6. The molecule has 3 aromatic rings. The number of hydrogen-bond acceptors (Lipinski definition) is 5. The van der Waals surface area contributed by atoms with E-state index >= 15 is 0 Å². The first-order chi connectivity index (χ1) is 13.9. The fraction of sp³-hybridized carbons (Fsp3) is 0.182. The number of nitrogens with zero attached hydrogens (tertiary/aromatic N) is 4. The van der Waals surface area contributed by atoms with E-state index in [1.54, 1.807) is 30.3 Å². The first kappa shape index (κ1) is 19.7. The Labute approximate surface area is 168 Å². The third kappa shape index (κ3) is 4.10. The summed E-state index contributed by atoms with van der Waals surface area (Å²) in [6.45, 7) is 4.35. The molecule has 29 heavy (non-hydrogen) atoms. The van der Waals surface area contributed by atoms with Gasteiger partial charge in [-0.2, -0.15) is 15.6 Å². The molecule has 0 radical (unpaired) electrons. The lowest BCUT2D eigenvalue weighted by Gasteiger charge is -2.08. The van der Waals surface area contributed by atoms with Gasteiger partial charge in [-0.05, 0) is 49.2 Å². The molecule has 7 heteroatoms. The molecule has 3 rings (SSSR count). The Balaban J connectivity index is 1.84. The van der Waals surface area contributed by atoms with Gasteiger partial charge >= 0.3 is 0 Å². The smallest absolute Gasteiger partial charge is 0.252 e. The summed E-state index contributed by atoms with van der Waals surface area (Å²) in [6, 6.07) is 15.9. The van der Waals surface area contributed by atoms with Crippen LogP contribution in [0.4, 0.5) is 0 Å². The van der Waals surface area contributed by atoms with Crippen LogP contribution in [0.15, 0.2) is 42.5 Å². The maximum Gasteiger partial charge on any atom is 0.252 e. The molecule has 0 saturated heterocycles. The zero-order chi connectivity index (χ0) is 21.0. The van der Waals surface area contributed by atoms with Gasteiger partial charge in [0.15, 0.2) is 0 Å². The molecule has 1 aromatic heterocycles. The molecule has 0 spiro atoms. The largest absolute Gasteiger partial charge is 0.507 e. The zero-order valence-corrected chi connectivity index (χ0v) is 16.1. The van der Waals surface area contributed by atoms with E-state index in [0.29, 0.717) is 12.1 Å². The van der Waals surface area contributed by atoms with Gasteiger partial charge in [0.05, 0.1) is 23.9 Å². The van der Waals surface area contributed by atoms with Gasteiger partial charge in [-0.3, -0.25) is 9.48 Å². The lowest BCUT2D eigenvalue weighted by Crippen LogP contribution is -2.23. The van der Waals surface area contributed by atoms with Gasteiger partial charge in [-0.25, -0.2) is 0 Å². The molecule has 0 unspecified atom stereocenters. The van der Waals surface area contributed by atoms with Crippen molar-refractivity contribution in [2.24, 2.45) is 0 Å². The van der Waals surface area contributed by atoms with Crippen LogP contribution >= 0.6 is 0 Å². The molecular formula is C22H19N5O2. The van der Waals surface area contributed by atoms with Crippen LogP contribution in [-0.4, -0.2) is 27.3 Å². The van der Waals surface area contributed by atoms with Crippen LogP contribution in [0.5, 0.6) is 5.75 Å². The highest BCUT2D eigenvalue weighted by Crippen LogP contribution is 2.31. The molecule has 144 valence electrons. The Hall–Kier alpha value is -4.10. The third-order valence-electron chi connectivity index (χ3n) is 4.66. The quantitative estimate of drug-likeness (QED) is 0.655. The molecule has 0 bridgehead atoms. The van der Waals surface area contributed by atoms with Gasteiger partial charge in [-0.15, -0.1) is 0 Å². The van der Waals surface area contributed by atoms with E-state index < -0.39 is 0 Å². The minimum Gasteiger partial charge on any atom is -0.507 e. The Bertz CT molecular complexity index is 1150. The molecular weight excluding hydrogens is 366 g/mol. The molecule has 7 nitrogen and oxygen atoms in total. The van der Waals surface area contributed by atoms with E-state index in [-0.39, 0.29) is 23.8 Å². The molecule has 2 N–H and O–H groups in total. The van der Waals surface area contributed by atoms with Crippen LogP contribution in [0, 0.1) is 36.5 Å². The van der Waals surface area contributed by atoms with Gasteiger partial charge in [0.1, 0.15) is 18.4 Å². The average molecular weight is 385 g/mol. The van der Waals surface area contributed by atoms with E-state index in [1.165, 1.54) is 0 Å². The number of nitrogens with one attached hydrogen (secondary N) is 1. The fourth-order valence-electron chi connectivity index (χ4n) is 3.21. The second kappa shape index (κ2) is 8.28. The summed E-state index contributed by atoms with van der Waals surface area (Å²) < 4.78 is 1.87. The average Bonchev–Trinajstić information content (AvgIpc) is 2.99. The molecule has 2 aromatic carbocycles. The number of nitriles is 2. The fourth-order valence-corrected chi connectivity index (χ4v) is 3.21. The van der Waals surface area contributed by atoms with Gasteiger partial charge in [-0.1, -0.05) is 18.2 Å².